The van der Waals surface area contributed by atoms with E-state index in [0.717, 1.165) is 16.9 Å². The van der Waals surface area contributed by atoms with Gasteiger partial charge in [-0.1, -0.05) is 55.9 Å². The van der Waals surface area contributed by atoms with Gasteiger partial charge in [-0.25, -0.2) is 9.55 Å². The molecule has 0 aliphatic heterocycles. The Balaban J connectivity index is 1.61. The summed E-state index contributed by atoms with van der Waals surface area (Å²) in [5, 5.41) is 15.1. The van der Waals surface area contributed by atoms with Crippen molar-refractivity contribution in [2.24, 2.45) is 0 Å². The second-order valence-electron chi connectivity index (χ2n) is 8.12. The summed E-state index contributed by atoms with van der Waals surface area (Å²) in [6, 6.07) is 15.2. The molecule has 0 spiro atoms. The summed E-state index contributed by atoms with van der Waals surface area (Å²) < 4.78 is 3.46. The third kappa shape index (κ3) is 3.99. The summed E-state index contributed by atoms with van der Waals surface area (Å²) in [6.45, 7) is 6.07. The second-order valence-corrected chi connectivity index (χ2v) is 9.92. The molecule has 0 unspecified atom stereocenters. The van der Waals surface area contributed by atoms with Gasteiger partial charge >= 0.3 is 0 Å². The van der Waals surface area contributed by atoms with E-state index in [-0.39, 0.29) is 23.1 Å². The molecule has 0 fully saturated rings. The quantitative estimate of drug-likeness (QED) is 0.348. The van der Waals surface area contributed by atoms with E-state index in [0.29, 0.717) is 27.0 Å². The lowest BCUT2D eigenvalue weighted by Gasteiger charge is -2.16. The normalized spacial score (nSPS) is 11.5. The molecule has 5 aromatic rings. The lowest BCUT2D eigenvalue weighted by atomic mass is 10.0. The van der Waals surface area contributed by atoms with E-state index >= 15 is 0 Å². The fourth-order valence-electron chi connectivity index (χ4n) is 3.87. The van der Waals surface area contributed by atoms with Crippen LogP contribution in [-0.2, 0) is 4.79 Å². The highest BCUT2D eigenvalue weighted by atomic mass is 32.2. The van der Waals surface area contributed by atoms with Crippen LogP contribution in [0.3, 0.4) is 0 Å². The molecule has 2 aromatic carbocycles. The fourth-order valence-corrected chi connectivity index (χ4v) is 5.31. The van der Waals surface area contributed by atoms with E-state index in [1.165, 1.54) is 23.1 Å². The second kappa shape index (κ2) is 9.03. The molecule has 0 radical (unpaired) electrons. The van der Waals surface area contributed by atoms with E-state index in [9.17, 15) is 9.59 Å². The number of amides is 1. The summed E-state index contributed by atoms with van der Waals surface area (Å²) >= 11 is 2.65. The van der Waals surface area contributed by atoms with Crippen LogP contribution in [0.4, 0.5) is 5.13 Å². The standard InChI is InChI=1S/C24H22N6O2S2/c1-14(2)16-8-4-6-10-18(16)29-21(32)17-9-5-7-11-19(17)30-23(29)27-28-24(30)34-13-20(31)26-22-25-15(3)12-33-22/h4-12,14H,13H2,1-3H3,(H,25,26,31). The molecular weight excluding hydrogens is 468 g/mol. The molecule has 1 N–H and O–H groups in total. The molecule has 10 heteroatoms. The number of carbonyl (C=O) groups is 1. The number of aryl methyl sites for hydroxylation is 1. The predicted octanol–water partition coefficient (Wildman–Crippen LogP) is 4.65. The molecule has 8 nitrogen and oxygen atoms in total. The Kier molecular flexibility index (Phi) is 5.93. The first-order valence-corrected chi connectivity index (χ1v) is 12.6. The smallest absolute Gasteiger partial charge is 0.267 e. The summed E-state index contributed by atoms with van der Waals surface area (Å²) in [4.78, 5) is 30.4. The molecule has 1 amide bonds. The minimum atomic E-state index is -0.182. The topological polar surface area (TPSA) is 94.2 Å². The van der Waals surface area contributed by atoms with E-state index < -0.39 is 0 Å². The van der Waals surface area contributed by atoms with Crippen molar-refractivity contribution in [3.63, 3.8) is 0 Å². The number of para-hydroxylation sites is 2. The van der Waals surface area contributed by atoms with E-state index in [1.54, 1.807) is 10.6 Å². The van der Waals surface area contributed by atoms with Gasteiger partial charge in [0.15, 0.2) is 10.3 Å². The summed E-state index contributed by atoms with van der Waals surface area (Å²) in [5.74, 6) is 0.578. The molecule has 0 atom stereocenters. The molecule has 172 valence electrons. The zero-order valence-electron chi connectivity index (χ0n) is 18.8. The van der Waals surface area contributed by atoms with Gasteiger partial charge in [0.05, 0.1) is 28.0 Å². The van der Waals surface area contributed by atoms with Crippen LogP contribution in [0.25, 0.3) is 22.4 Å². The van der Waals surface area contributed by atoms with Gasteiger partial charge in [0.1, 0.15) is 0 Å². The van der Waals surface area contributed by atoms with Gasteiger partial charge in [0.25, 0.3) is 5.56 Å². The minimum absolute atomic E-state index is 0.134. The average molecular weight is 491 g/mol. The Bertz CT molecular complexity index is 1580. The molecule has 0 bridgehead atoms. The number of anilines is 1. The van der Waals surface area contributed by atoms with Crippen molar-refractivity contribution in [2.45, 2.75) is 31.8 Å². The molecule has 3 heterocycles. The molecule has 0 aliphatic rings. The molecule has 0 saturated carbocycles. The molecule has 34 heavy (non-hydrogen) atoms. The van der Waals surface area contributed by atoms with Crippen molar-refractivity contribution in [2.75, 3.05) is 11.1 Å². The average Bonchev–Trinajstić information content (AvgIpc) is 3.44. The number of thiazole rings is 1. The van der Waals surface area contributed by atoms with E-state index in [4.69, 9.17) is 0 Å². The highest BCUT2D eigenvalue weighted by Crippen LogP contribution is 2.27. The number of thioether (sulfide) groups is 1. The van der Waals surface area contributed by atoms with Crippen molar-refractivity contribution >= 4 is 50.8 Å². The van der Waals surface area contributed by atoms with Crippen LogP contribution < -0.4 is 10.9 Å². The lowest BCUT2D eigenvalue weighted by molar-refractivity contribution is -0.113. The number of fused-ring (bicyclic) bond motifs is 3. The number of carbonyl (C=O) groups excluding carboxylic acids is 1. The molecule has 0 saturated heterocycles. The van der Waals surface area contributed by atoms with E-state index in [2.05, 4.69) is 34.3 Å². The number of nitrogens with one attached hydrogen (secondary N) is 1. The van der Waals surface area contributed by atoms with Crippen molar-refractivity contribution in [1.29, 1.82) is 0 Å². The van der Waals surface area contributed by atoms with Gasteiger partial charge in [-0.05, 0) is 36.6 Å². The number of hydrogen-bond acceptors (Lipinski definition) is 7. The van der Waals surface area contributed by atoms with Crippen LogP contribution >= 0.6 is 23.1 Å². The van der Waals surface area contributed by atoms with Gasteiger partial charge in [0, 0.05) is 5.38 Å². The van der Waals surface area contributed by atoms with Gasteiger partial charge < -0.3 is 5.32 Å². The Morgan fingerprint density at radius 2 is 1.88 bits per heavy atom. The van der Waals surface area contributed by atoms with Gasteiger partial charge in [-0.2, -0.15) is 0 Å². The van der Waals surface area contributed by atoms with Gasteiger partial charge in [-0.3, -0.25) is 14.0 Å². The number of benzene rings is 2. The molecule has 0 aliphatic carbocycles. The van der Waals surface area contributed by atoms with Crippen molar-refractivity contribution in [3.05, 3.63) is 75.5 Å². The number of rotatable bonds is 6. The third-order valence-corrected chi connectivity index (χ3v) is 7.20. The maximum atomic E-state index is 13.6. The maximum absolute atomic E-state index is 13.6. The van der Waals surface area contributed by atoms with Crippen molar-refractivity contribution < 1.29 is 4.79 Å². The monoisotopic (exact) mass is 490 g/mol. The Hall–Kier alpha value is -3.50. The predicted molar refractivity (Wildman–Crippen MR) is 136 cm³/mol. The zero-order chi connectivity index (χ0) is 23.8. The lowest BCUT2D eigenvalue weighted by Crippen LogP contribution is -2.23. The van der Waals surface area contributed by atoms with Gasteiger partial charge in [0.2, 0.25) is 11.7 Å². The maximum Gasteiger partial charge on any atom is 0.267 e. The van der Waals surface area contributed by atoms with E-state index in [1.807, 2.05) is 59.2 Å². The Morgan fingerprint density at radius 1 is 1.12 bits per heavy atom. The number of aromatic nitrogens is 5. The first-order valence-electron chi connectivity index (χ1n) is 10.8. The first kappa shape index (κ1) is 22.3. The van der Waals surface area contributed by atoms with Crippen molar-refractivity contribution in [3.8, 4) is 5.69 Å². The van der Waals surface area contributed by atoms with Crippen LogP contribution in [0.2, 0.25) is 0 Å². The molecule has 3 aromatic heterocycles. The van der Waals surface area contributed by atoms with Crippen LogP contribution in [0, 0.1) is 6.92 Å². The Morgan fingerprint density at radius 3 is 2.65 bits per heavy atom. The van der Waals surface area contributed by atoms with Gasteiger partial charge in [-0.15, -0.1) is 21.5 Å². The molecular formula is C24H22N6O2S2. The Labute approximate surface area is 203 Å². The fraction of sp³-hybridized carbons (Fsp3) is 0.208. The van der Waals surface area contributed by atoms with Crippen LogP contribution in [0.1, 0.15) is 31.0 Å². The first-order chi connectivity index (χ1) is 16.4. The number of nitrogens with zero attached hydrogens (tertiary/aromatic N) is 5. The van der Waals surface area contributed by atoms with Crippen LogP contribution in [0.15, 0.2) is 63.9 Å². The highest BCUT2D eigenvalue weighted by molar-refractivity contribution is 7.99. The zero-order valence-corrected chi connectivity index (χ0v) is 20.5. The summed E-state index contributed by atoms with van der Waals surface area (Å²) in [7, 11) is 0. The summed E-state index contributed by atoms with van der Waals surface area (Å²) in [5.41, 5.74) is 3.22. The number of hydrogen-bond donors (Lipinski definition) is 1. The van der Waals surface area contributed by atoms with Crippen LogP contribution in [0.5, 0.6) is 0 Å². The molecule has 5 rings (SSSR count). The van der Waals surface area contributed by atoms with Crippen LogP contribution in [-0.4, -0.2) is 35.8 Å². The SMILES string of the molecule is Cc1csc(NC(=O)CSc2nnc3n(-c4ccccc4C(C)C)c(=O)c4ccccc4n23)n1. The third-order valence-electron chi connectivity index (χ3n) is 5.39. The minimum Gasteiger partial charge on any atom is -0.301 e. The largest absolute Gasteiger partial charge is 0.301 e. The van der Waals surface area contributed by atoms with Crippen molar-refractivity contribution in [1.82, 2.24) is 24.1 Å². The summed E-state index contributed by atoms with van der Waals surface area (Å²) in [6.07, 6.45) is 0. The highest BCUT2D eigenvalue weighted by Gasteiger charge is 2.20.